The molecule has 0 aromatic heterocycles. The fourth-order valence-corrected chi connectivity index (χ4v) is 4.97. The van der Waals surface area contributed by atoms with E-state index in [-0.39, 0.29) is 6.04 Å². The molecule has 1 saturated heterocycles. The number of likely N-dealkylation sites (N-methyl/N-ethyl adjacent to an activating group) is 1. The number of hydrogen-bond donors (Lipinski definition) is 0. The molecule has 1 unspecified atom stereocenters. The first-order valence-corrected chi connectivity index (χ1v) is 12.2. The summed E-state index contributed by atoms with van der Waals surface area (Å²) in [5.74, 6) is 0. The van der Waals surface area contributed by atoms with Crippen LogP contribution in [0.5, 0.6) is 0 Å². The smallest absolute Gasteiger partial charge is 0.376 e. The van der Waals surface area contributed by atoms with Crippen molar-refractivity contribution in [2.75, 3.05) is 25.0 Å². The first-order valence-electron chi connectivity index (χ1n) is 12.2. The molecular weight excluding hydrogens is 433 g/mol. The van der Waals surface area contributed by atoms with Crippen LogP contribution in [0.25, 0.3) is 0 Å². The van der Waals surface area contributed by atoms with Crippen LogP contribution in [0, 0.1) is 0 Å². The molecule has 3 rings (SSSR count). The SMILES string of the molecule is C\C=C/C(=C\C(=C\CC)C(F)(F)F)C(/C=C1/C(N2CCc3ccccc32)CCCN1C)=C(C)C. The van der Waals surface area contributed by atoms with E-state index in [9.17, 15) is 13.2 Å². The lowest BCUT2D eigenvalue weighted by atomic mass is 9.92. The highest BCUT2D eigenvalue weighted by Gasteiger charge is 2.34. The Labute approximate surface area is 202 Å². The van der Waals surface area contributed by atoms with Gasteiger partial charge in [0.1, 0.15) is 0 Å². The van der Waals surface area contributed by atoms with Crippen molar-refractivity contribution in [2.24, 2.45) is 0 Å². The van der Waals surface area contributed by atoms with Gasteiger partial charge in [0.15, 0.2) is 0 Å². The number of halogens is 3. The maximum Gasteiger partial charge on any atom is 0.416 e. The minimum atomic E-state index is -4.38. The molecule has 34 heavy (non-hydrogen) atoms. The topological polar surface area (TPSA) is 6.48 Å². The number of nitrogens with zero attached hydrogens (tertiary/aromatic N) is 2. The lowest BCUT2D eigenvalue weighted by Crippen LogP contribution is -2.44. The van der Waals surface area contributed by atoms with Crippen molar-refractivity contribution in [3.05, 3.63) is 88.2 Å². The van der Waals surface area contributed by atoms with Crippen molar-refractivity contribution >= 4 is 5.69 Å². The van der Waals surface area contributed by atoms with Crippen molar-refractivity contribution in [2.45, 2.75) is 65.6 Å². The van der Waals surface area contributed by atoms with Crippen LogP contribution in [0.4, 0.5) is 18.9 Å². The van der Waals surface area contributed by atoms with Crippen LogP contribution >= 0.6 is 0 Å². The number of likely N-dealkylation sites (tertiary alicyclic amines) is 1. The zero-order chi connectivity index (χ0) is 24.9. The molecular formula is C29H37F3N2. The highest BCUT2D eigenvalue weighted by Crippen LogP contribution is 2.37. The maximum atomic E-state index is 13.7. The van der Waals surface area contributed by atoms with E-state index in [1.54, 1.807) is 13.0 Å². The Hall–Kier alpha value is -2.69. The molecule has 5 heteroatoms. The van der Waals surface area contributed by atoms with Crippen molar-refractivity contribution < 1.29 is 13.2 Å². The third kappa shape index (κ3) is 5.86. The van der Waals surface area contributed by atoms with E-state index in [0.29, 0.717) is 12.0 Å². The quantitative estimate of drug-likeness (QED) is 0.392. The van der Waals surface area contributed by atoms with Crippen LogP contribution in [-0.2, 0) is 6.42 Å². The van der Waals surface area contributed by atoms with Crippen LogP contribution in [0.1, 0.15) is 52.5 Å². The molecule has 2 aliphatic heterocycles. The van der Waals surface area contributed by atoms with Gasteiger partial charge in [-0.25, -0.2) is 0 Å². The van der Waals surface area contributed by atoms with Gasteiger partial charge in [-0.05, 0) is 81.4 Å². The predicted octanol–water partition coefficient (Wildman–Crippen LogP) is 7.76. The molecule has 0 N–H and O–H groups in total. The molecule has 0 bridgehead atoms. The van der Waals surface area contributed by atoms with Gasteiger partial charge in [0, 0.05) is 31.5 Å². The Bertz CT molecular complexity index is 1020. The van der Waals surface area contributed by atoms with E-state index < -0.39 is 11.7 Å². The molecule has 1 aromatic rings. The van der Waals surface area contributed by atoms with Crippen LogP contribution < -0.4 is 4.90 Å². The van der Waals surface area contributed by atoms with Gasteiger partial charge in [0.25, 0.3) is 0 Å². The molecule has 0 radical (unpaired) electrons. The average Bonchev–Trinajstić information content (AvgIpc) is 3.20. The molecule has 1 aromatic carbocycles. The number of piperidine rings is 1. The van der Waals surface area contributed by atoms with Gasteiger partial charge in [-0.2, -0.15) is 13.2 Å². The molecule has 2 nitrogen and oxygen atoms in total. The first-order chi connectivity index (χ1) is 16.2. The molecule has 1 atom stereocenters. The van der Waals surface area contributed by atoms with Crippen molar-refractivity contribution in [1.29, 1.82) is 0 Å². The normalized spacial score (nSPS) is 20.9. The first kappa shape index (κ1) is 25.9. The van der Waals surface area contributed by atoms with Crippen LogP contribution in [-0.4, -0.2) is 37.3 Å². The van der Waals surface area contributed by atoms with Gasteiger partial charge in [0.2, 0.25) is 0 Å². The zero-order valence-electron chi connectivity index (χ0n) is 21.0. The van der Waals surface area contributed by atoms with Gasteiger partial charge < -0.3 is 9.80 Å². The third-order valence-electron chi connectivity index (χ3n) is 6.60. The van der Waals surface area contributed by atoms with Gasteiger partial charge in [-0.3, -0.25) is 0 Å². The number of anilines is 1. The van der Waals surface area contributed by atoms with E-state index >= 15 is 0 Å². The summed E-state index contributed by atoms with van der Waals surface area (Å²) in [4.78, 5) is 4.76. The second-order valence-electron chi connectivity index (χ2n) is 9.30. The lowest BCUT2D eigenvalue weighted by molar-refractivity contribution is -0.0884. The number of alkyl halides is 3. The molecule has 0 aliphatic carbocycles. The summed E-state index contributed by atoms with van der Waals surface area (Å²) in [6.07, 6.45) is 7.39. The highest BCUT2D eigenvalue weighted by atomic mass is 19.4. The maximum absolute atomic E-state index is 13.7. The monoisotopic (exact) mass is 470 g/mol. The van der Waals surface area contributed by atoms with E-state index in [1.165, 1.54) is 29.1 Å². The van der Waals surface area contributed by atoms with Crippen LogP contribution in [0.15, 0.2) is 82.6 Å². The fourth-order valence-electron chi connectivity index (χ4n) is 4.97. The Morgan fingerprint density at radius 3 is 2.53 bits per heavy atom. The summed E-state index contributed by atoms with van der Waals surface area (Å²) in [7, 11) is 2.10. The number of benzene rings is 1. The van der Waals surface area contributed by atoms with Crippen LogP contribution in [0.2, 0.25) is 0 Å². The van der Waals surface area contributed by atoms with Gasteiger partial charge >= 0.3 is 6.18 Å². The fraction of sp³-hybridized carbons (Fsp3) is 0.448. The molecule has 0 spiro atoms. The standard InChI is InChI=1S/C29H37F3N2/c1-6-11-23(19-24(12-7-2)29(30,31)32)25(21(3)4)20-28-27(15-10-17-33(28)5)34-18-16-22-13-8-9-14-26(22)34/h6,8-9,11-14,19-20,27H,7,10,15-18H2,1-5H3/b11-6-,23-19+,24-12-,28-20-. The minimum absolute atomic E-state index is 0.205. The third-order valence-corrected chi connectivity index (χ3v) is 6.60. The summed E-state index contributed by atoms with van der Waals surface area (Å²) >= 11 is 0. The van der Waals surface area contributed by atoms with E-state index in [0.717, 1.165) is 43.5 Å². The van der Waals surface area contributed by atoms with E-state index in [1.807, 2.05) is 26.8 Å². The molecule has 2 aliphatic rings. The summed E-state index contributed by atoms with van der Waals surface area (Å²) in [5, 5.41) is 0. The number of fused-ring (bicyclic) bond motifs is 1. The average molecular weight is 471 g/mol. The molecule has 0 amide bonds. The van der Waals surface area contributed by atoms with Crippen molar-refractivity contribution in [3.63, 3.8) is 0 Å². The Kier molecular flexibility index (Phi) is 8.51. The summed E-state index contributed by atoms with van der Waals surface area (Å²) < 4.78 is 41.2. The van der Waals surface area contributed by atoms with Gasteiger partial charge in [-0.15, -0.1) is 0 Å². The Balaban J connectivity index is 2.09. The number of hydrogen-bond acceptors (Lipinski definition) is 2. The summed E-state index contributed by atoms with van der Waals surface area (Å²) in [6, 6.07) is 8.76. The highest BCUT2D eigenvalue weighted by molar-refractivity contribution is 5.61. The van der Waals surface area contributed by atoms with Crippen LogP contribution in [0.3, 0.4) is 0 Å². The molecule has 184 valence electrons. The number of allylic oxidation sites excluding steroid dienone is 9. The predicted molar refractivity (Wildman–Crippen MR) is 137 cm³/mol. The lowest BCUT2D eigenvalue weighted by Gasteiger charge is -2.41. The van der Waals surface area contributed by atoms with Crippen molar-refractivity contribution in [1.82, 2.24) is 4.90 Å². The molecule has 1 fully saturated rings. The van der Waals surface area contributed by atoms with Crippen molar-refractivity contribution in [3.8, 4) is 0 Å². The van der Waals surface area contributed by atoms with E-state index in [4.69, 9.17) is 0 Å². The second-order valence-corrected chi connectivity index (χ2v) is 9.30. The second kappa shape index (κ2) is 11.2. The zero-order valence-corrected chi connectivity index (χ0v) is 21.0. The minimum Gasteiger partial charge on any atom is -0.376 e. The Morgan fingerprint density at radius 2 is 1.88 bits per heavy atom. The van der Waals surface area contributed by atoms with Gasteiger partial charge in [0.05, 0.1) is 11.6 Å². The number of rotatable bonds is 6. The van der Waals surface area contributed by atoms with Gasteiger partial charge in [-0.1, -0.05) is 48.9 Å². The Morgan fingerprint density at radius 1 is 1.15 bits per heavy atom. The molecule has 0 saturated carbocycles. The largest absolute Gasteiger partial charge is 0.416 e. The number of para-hydroxylation sites is 1. The summed E-state index contributed by atoms with van der Waals surface area (Å²) in [5.41, 5.74) is 5.66. The summed E-state index contributed by atoms with van der Waals surface area (Å²) in [6.45, 7) is 9.44. The molecule has 2 heterocycles. The van der Waals surface area contributed by atoms with E-state index in [2.05, 4.69) is 47.2 Å².